The first kappa shape index (κ1) is 57.4. The Morgan fingerprint density at radius 1 is 0.508 bits per heavy atom. The summed E-state index contributed by atoms with van der Waals surface area (Å²) in [4.78, 5) is 48.7. The Labute approximate surface area is 381 Å². The Morgan fingerprint density at radius 2 is 0.831 bits per heavy atom. The van der Waals surface area contributed by atoms with Crippen LogP contribution in [0.2, 0.25) is 0 Å². The van der Waals surface area contributed by atoms with E-state index >= 15 is 0 Å². The van der Waals surface area contributed by atoms with E-state index in [0.717, 1.165) is 110 Å². The van der Waals surface area contributed by atoms with Crippen LogP contribution in [0.3, 0.4) is 0 Å². The molecule has 6 aliphatic rings. The maximum absolute atomic E-state index is 12.2. The number of allylic oxidation sites excluding steroid dienone is 2. The number of rotatable bonds is 8. The van der Waals surface area contributed by atoms with Crippen molar-refractivity contribution in [2.24, 2.45) is 0 Å². The molecule has 59 heavy (non-hydrogen) atoms. The van der Waals surface area contributed by atoms with E-state index in [0.29, 0.717) is 6.42 Å². The molecule has 351 valence electrons. The van der Waals surface area contributed by atoms with Crippen LogP contribution in [0.25, 0.3) is 53.2 Å². The van der Waals surface area contributed by atoms with E-state index in [-0.39, 0.29) is 105 Å². The Kier molecular flexibility index (Phi) is 32.1. The van der Waals surface area contributed by atoms with Crippen molar-refractivity contribution >= 4 is 23.6 Å². The van der Waals surface area contributed by atoms with Gasteiger partial charge >= 0.3 is 17.1 Å². The number of hydrogen-bond donors (Lipinski definition) is 4. The largest absolute Gasteiger partial charge is 2.00 e. The van der Waals surface area contributed by atoms with Gasteiger partial charge in [0.15, 0.2) is 0 Å². The molecular formula is C38H60Cu3N10O8-8. The summed E-state index contributed by atoms with van der Waals surface area (Å²) in [5.74, 6) is -0.778. The summed E-state index contributed by atoms with van der Waals surface area (Å²) in [7, 11) is 0. The molecule has 6 aliphatic heterocycles. The van der Waals surface area contributed by atoms with Gasteiger partial charge < -0.3 is 92.8 Å². The number of aliphatic hydroxyl groups is 4. The van der Waals surface area contributed by atoms with E-state index in [1.165, 1.54) is 13.8 Å². The topological polar surface area (TPSA) is 290 Å². The van der Waals surface area contributed by atoms with Crippen LogP contribution in [0.4, 0.5) is 0 Å². The number of carbonyl (C=O) groups excluding carboxylic acids is 4. The van der Waals surface area contributed by atoms with E-state index in [2.05, 4.69) is 53.2 Å². The summed E-state index contributed by atoms with van der Waals surface area (Å²) in [5.41, 5.74) is 0. The Morgan fingerprint density at radius 3 is 1.10 bits per heavy atom. The van der Waals surface area contributed by atoms with Gasteiger partial charge in [-0.25, -0.2) is 24.7 Å². The summed E-state index contributed by atoms with van der Waals surface area (Å²) in [5, 5.41) is 73.3. The van der Waals surface area contributed by atoms with Crippen LogP contribution in [0, 0.1) is 0 Å². The molecule has 0 aromatic heterocycles. The summed E-state index contributed by atoms with van der Waals surface area (Å²) >= 11 is 0. The first-order valence-electron chi connectivity index (χ1n) is 20.0. The molecule has 0 aromatic rings. The van der Waals surface area contributed by atoms with Gasteiger partial charge in [-0.2, -0.15) is 6.20 Å². The maximum Gasteiger partial charge on any atom is 2.00 e. The minimum absolute atomic E-state index is 0. The molecule has 6 rings (SSSR count). The van der Waals surface area contributed by atoms with Gasteiger partial charge in [0.2, 0.25) is 0 Å². The molecule has 0 aromatic carbocycles. The summed E-state index contributed by atoms with van der Waals surface area (Å²) in [6.45, 7) is 4.81. The van der Waals surface area contributed by atoms with Crippen molar-refractivity contribution < 1.29 is 90.8 Å². The molecule has 0 aliphatic carbocycles. The van der Waals surface area contributed by atoms with Gasteiger partial charge in [0.25, 0.3) is 0 Å². The first-order valence-corrected chi connectivity index (χ1v) is 20.0. The number of amides is 4. The minimum atomic E-state index is -1.17. The number of hydrogen-bond acceptors (Lipinski definition) is 8. The Balaban J connectivity index is 0.000000925. The molecule has 3 radical (unpaired) electrons. The van der Waals surface area contributed by atoms with E-state index in [1.54, 1.807) is 24.4 Å². The van der Waals surface area contributed by atoms with Crippen molar-refractivity contribution in [2.75, 3.05) is 19.6 Å². The normalized spacial score (nSPS) is 28.5. The summed E-state index contributed by atoms with van der Waals surface area (Å²) in [6.07, 6.45) is 16.3. The second-order valence-electron chi connectivity index (χ2n) is 14.3. The van der Waals surface area contributed by atoms with Crippen molar-refractivity contribution in [2.45, 2.75) is 172 Å². The van der Waals surface area contributed by atoms with Gasteiger partial charge in [-0.15, -0.1) is 19.6 Å². The first-order chi connectivity index (χ1) is 26.9. The van der Waals surface area contributed by atoms with Gasteiger partial charge in [0, 0.05) is 57.8 Å². The number of aliphatic hydroxyl groups excluding tert-OH is 2. The van der Waals surface area contributed by atoms with Gasteiger partial charge in [-0.3, -0.25) is 0 Å². The zero-order valence-electron chi connectivity index (χ0n) is 33.6. The smallest absolute Gasteiger partial charge is 0.688 e. The monoisotopic (exact) mass is 973 g/mol. The maximum atomic E-state index is 12.2. The van der Waals surface area contributed by atoms with E-state index in [9.17, 15) is 19.2 Å². The predicted molar refractivity (Wildman–Crippen MR) is 214 cm³/mol. The average molecular weight is 976 g/mol. The van der Waals surface area contributed by atoms with Crippen molar-refractivity contribution in [3.63, 3.8) is 0 Å². The number of nitrogens with zero attached hydrogens (tertiary/aromatic N) is 10. The Bertz CT molecular complexity index is 1190. The standard InChI is InChI=1S/C17H28N5O2.C17H24N5O2.2C2H6O2.3Cu/c2*23-16(12-6-1-3-10-18-12)21-14-8-5-9-15(20-14)22-17(24)13-7-2-4-11-19-13;2*1-2(3)4;;;/h12-15H,1-11H2,(H2,21,22,23,24);1,3,6,10,12-15H,2,4-5,7-9,11H2,(H2,21,22,23,24);2*2-4H,1H3;;;/q2*-3;;;;;+2/p-4. The van der Waals surface area contributed by atoms with Crippen LogP contribution in [0.15, 0.2) is 24.4 Å². The third-order valence-corrected chi connectivity index (χ3v) is 9.19. The number of piperidine rings is 5. The van der Waals surface area contributed by atoms with Crippen molar-refractivity contribution in [1.29, 1.82) is 0 Å². The molecule has 6 heterocycles. The molecule has 4 amide bonds. The fraction of sp³-hybridized carbons (Fsp3) is 0.789. The van der Waals surface area contributed by atoms with Crippen molar-refractivity contribution in [3.05, 3.63) is 77.6 Å². The fourth-order valence-electron chi connectivity index (χ4n) is 6.50. The van der Waals surface area contributed by atoms with Crippen LogP contribution in [-0.2, 0) is 70.4 Å². The van der Waals surface area contributed by atoms with Crippen LogP contribution in [0.1, 0.15) is 110 Å². The van der Waals surface area contributed by atoms with Crippen LogP contribution >= 0.6 is 0 Å². The molecule has 8 atom stereocenters. The SMILES string of the molecule is CC(O)O.CC(O)O.O=C([N-]C1CCCC([N-]C(=O)C2CCCC[N-]2)[N-]1)C1C=CC=C[N-]1.O=C([N-]C1CCCC([N-]C(=O)C2CCCC[N-]2)[N-]1)C1CCCC[N-]1.[Cu+2].[Cu].[Cu]. The van der Waals surface area contributed by atoms with Gasteiger partial charge in [0.05, 0.1) is 0 Å². The predicted octanol–water partition coefficient (Wildman–Crippen LogP) is 6.22. The zero-order chi connectivity index (χ0) is 40.7. The fourth-order valence-corrected chi connectivity index (χ4v) is 6.50. The summed E-state index contributed by atoms with van der Waals surface area (Å²) < 4.78 is 0. The number of carbonyl (C=O) groups is 4. The van der Waals surface area contributed by atoms with E-state index in [1.807, 2.05) is 0 Å². The van der Waals surface area contributed by atoms with Gasteiger partial charge in [-0.1, -0.05) is 139 Å². The molecular weight excluding hydrogens is 915 g/mol. The second-order valence-corrected chi connectivity index (χ2v) is 14.3. The van der Waals surface area contributed by atoms with E-state index < -0.39 is 31.0 Å². The molecule has 18 nitrogen and oxygen atoms in total. The van der Waals surface area contributed by atoms with Crippen LogP contribution in [-0.4, -0.2) is 125 Å². The molecule has 8 unspecified atom stereocenters. The molecule has 0 saturated carbocycles. The summed E-state index contributed by atoms with van der Waals surface area (Å²) in [6, 6.07) is -1.42. The van der Waals surface area contributed by atoms with Crippen LogP contribution in [0.5, 0.6) is 0 Å². The second kappa shape index (κ2) is 33.0. The zero-order valence-corrected chi connectivity index (χ0v) is 36.4. The minimum Gasteiger partial charge on any atom is -0.688 e. The quantitative estimate of drug-likeness (QED) is 0.159. The molecule has 4 N–H and O–H groups in total. The van der Waals surface area contributed by atoms with Gasteiger partial charge in [-0.05, 0) is 13.8 Å². The average Bonchev–Trinajstić information content (AvgIpc) is 3.19. The molecule has 0 bridgehead atoms. The van der Waals surface area contributed by atoms with E-state index in [4.69, 9.17) is 20.4 Å². The van der Waals surface area contributed by atoms with Crippen LogP contribution < -0.4 is 0 Å². The van der Waals surface area contributed by atoms with Crippen molar-refractivity contribution in [3.8, 4) is 0 Å². The van der Waals surface area contributed by atoms with Gasteiger partial charge in [0.1, 0.15) is 12.6 Å². The molecule has 0 spiro atoms. The third kappa shape index (κ3) is 24.6. The molecule has 5 saturated heterocycles. The van der Waals surface area contributed by atoms with Crippen molar-refractivity contribution in [1.82, 2.24) is 0 Å². The molecule has 21 heteroatoms. The molecule has 5 fully saturated rings. The third-order valence-electron chi connectivity index (χ3n) is 9.19. The Hall–Kier alpha value is -1.64.